The highest BCUT2D eigenvalue weighted by atomic mass is 32.2. The van der Waals surface area contributed by atoms with Crippen molar-refractivity contribution in [2.75, 3.05) is 18.1 Å². The van der Waals surface area contributed by atoms with E-state index >= 15 is 0 Å². The van der Waals surface area contributed by atoms with E-state index in [1.54, 1.807) is 0 Å². The Morgan fingerprint density at radius 2 is 2.09 bits per heavy atom. The van der Waals surface area contributed by atoms with Gasteiger partial charge >= 0.3 is 5.97 Å². The van der Waals surface area contributed by atoms with E-state index < -0.39 is 5.97 Å². The Kier molecular flexibility index (Phi) is 7.37. The standard InChI is InChI=1S/C14H23N3O4S/c1-14(2,3)13-16-11(21-17-13)6-4-5-10(18)15-7-8-22-9-12(19)20/h4-9H2,1-3H3,(H,15,18)(H,19,20). The highest BCUT2D eigenvalue weighted by molar-refractivity contribution is 7.99. The Morgan fingerprint density at radius 3 is 2.68 bits per heavy atom. The van der Waals surface area contributed by atoms with Gasteiger partial charge in [-0.1, -0.05) is 25.9 Å². The van der Waals surface area contributed by atoms with E-state index in [-0.39, 0.29) is 17.1 Å². The van der Waals surface area contributed by atoms with Crippen molar-refractivity contribution in [1.29, 1.82) is 0 Å². The van der Waals surface area contributed by atoms with Crippen molar-refractivity contribution in [3.8, 4) is 0 Å². The fraction of sp³-hybridized carbons (Fsp3) is 0.714. The summed E-state index contributed by atoms with van der Waals surface area (Å²) in [6.07, 6.45) is 1.60. The fourth-order valence-corrected chi connectivity index (χ4v) is 2.14. The van der Waals surface area contributed by atoms with Crippen molar-refractivity contribution >= 4 is 23.6 Å². The first-order chi connectivity index (χ1) is 10.3. The number of carbonyl (C=O) groups is 2. The van der Waals surface area contributed by atoms with Crippen LogP contribution in [0.25, 0.3) is 0 Å². The first kappa shape index (κ1) is 18.5. The number of aliphatic carboxylic acids is 1. The molecule has 0 saturated carbocycles. The van der Waals surface area contributed by atoms with Gasteiger partial charge in [0.25, 0.3) is 0 Å². The predicted octanol–water partition coefficient (Wildman–Crippen LogP) is 1.62. The summed E-state index contributed by atoms with van der Waals surface area (Å²) < 4.78 is 5.16. The molecule has 1 rings (SSSR count). The number of aryl methyl sites for hydroxylation is 1. The normalized spacial score (nSPS) is 11.4. The molecule has 8 heteroatoms. The molecule has 0 bridgehead atoms. The molecule has 1 amide bonds. The lowest BCUT2D eigenvalue weighted by Crippen LogP contribution is -2.25. The zero-order chi connectivity index (χ0) is 16.6. The summed E-state index contributed by atoms with van der Waals surface area (Å²) in [5, 5.41) is 15.2. The molecule has 0 spiro atoms. The second-order valence-corrected chi connectivity index (χ2v) is 7.02. The van der Waals surface area contributed by atoms with Gasteiger partial charge in [-0.05, 0) is 6.42 Å². The van der Waals surface area contributed by atoms with Gasteiger partial charge in [0.2, 0.25) is 11.8 Å². The molecule has 1 aromatic heterocycles. The molecule has 0 radical (unpaired) electrons. The van der Waals surface area contributed by atoms with Crippen LogP contribution in [0.5, 0.6) is 0 Å². The molecule has 0 aromatic carbocycles. The number of amides is 1. The van der Waals surface area contributed by atoms with Crippen LogP contribution in [0.2, 0.25) is 0 Å². The minimum atomic E-state index is -0.842. The van der Waals surface area contributed by atoms with E-state index in [4.69, 9.17) is 9.63 Å². The van der Waals surface area contributed by atoms with E-state index in [9.17, 15) is 9.59 Å². The lowest BCUT2D eigenvalue weighted by molar-refractivity contribution is -0.133. The van der Waals surface area contributed by atoms with E-state index in [1.807, 2.05) is 20.8 Å². The molecular weight excluding hydrogens is 306 g/mol. The van der Waals surface area contributed by atoms with E-state index in [1.165, 1.54) is 11.8 Å². The first-order valence-electron chi connectivity index (χ1n) is 7.18. The topological polar surface area (TPSA) is 105 Å². The van der Waals surface area contributed by atoms with Crippen LogP contribution in [0.4, 0.5) is 0 Å². The van der Waals surface area contributed by atoms with E-state index in [2.05, 4.69) is 15.5 Å². The van der Waals surface area contributed by atoms with Gasteiger partial charge in [-0.25, -0.2) is 0 Å². The number of carboxylic acids is 1. The molecule has 0 atom stereocenters. The minimum absolute atomic E-state index is 0.0496. The fourth-order valence-electron chi connectivity index (χ4n) is 1.57. The molecule has 0 unspecified atom stereocenters. The van der Waals surface area contributed by atoms with Crippen molar-refractivity contribution in [2.24, 2.45) is 0 Å². The molecule has 2 N–H and O–H groups in total. The van der Waals surface area contributed by atoms with Gasteiger partial charge in [0.15, 0.2) is 5.82 Å². The van der Waals surface area contributed by atoms with Crippen LogP contribution in [0.15, 0.2) is 4.52 Å². The number of rotatable bonds is 9. The van der Waals surface area contributed by atoms with Gasteiger partial charge in [0, 0.05) is 30.6 Å². The van der Waals surface area contributed by atoms with Gasteiger partial charge in [-0.3, -0.25) is 9.59 Å². The Hall–Kier alpha value is -1.57. The number of nitrogens with one attached hydrogen (secondary N) is 1. The second-order valence-electron chi connectivity index (χ2n) is 5.91. The molecule has 124 valence electrons. The Labute approximate surface area is 134 Å². The SMILES string of the molecule is CC(C)(C)c1noc(CCCC(=O)NCCSCC(=O)O)n1. The highest BCUT2D eigenvalue weighted by Gasteiger charge is 2.20. The molecule has 0 aliphatic rings. The number of aromatic nitrogens is 2. The minimum Gasteiger partial charge on any atom is -0.481 e. The second kappa shape index (κ2) is 8.77. The summed E-state index contributed by atoms with van der Waals surface area (Å²) in [6.45, 7) is 6.51. The zero-order valence-corrected chi connectivity index (χ0v) is 14.0. The maximum Gasteiger partial charge on any atom is 0.313 e. The number of carboxylic acid groups (broad SMARTS) is 1. The third kappa shape index (κ3) is 7.44. The summed E-state index contributed by atoms with van der Waals surface area (Å²) in [7, 11) is 0. The molecule has 0 fully saturated rings. The van der Waals surface area contributed by atoms with Crippen LogP contribution in [0, 0.1) is 0 Å². The Balaban J connectivity index is 2.14. The van der Waals surface area contributed by atoms with Crippen molar-refractivity contribution in [3.63, 3.8) is 0 Å². The average molecular weight is 329 g/mol. The lowest BCUT2D eigenvalue weighted by atomic mass is 9.96. The van der Waals surface area contributed by atoms with Crippen molar-refractivity contribution < 1.29 is 19.2 Å². The molecular formula is C14H23N3O4S. The summed E-state index contributed by atoms with van der Waals surface area (Å²) in [4.78, 5) is 26.2. The van der Waals surface area contributed by atoms with Crippen LogP contribution in [0.1, 0.15) is 45.3 Å². The molecule has 0 aliphatic heterocycles. The number of thioether (sulfide) groups is 1. The molecule has 7 nitrogen and oxygen atoms in total. The van der Waals surface area contributed by atoms with Crippen LogP contribution in [0.3, 0.4) is 0 Å². The molecule has 1 aromatic rings. The van der Waals surface area contributed by atoms with Crippen LogP contribution in [-0.2, 0) is 21.4 Å². The predicted molar refractivity (Wildman–Crippen MR) is 83.9 cm³/mol. The molecule has 0 aliphatic carbocycles. The van der Waals surface area contributed by atoms with Gasteiger partial charge < -0.3 is 14.9 Å². The van der Waals surface area contributed by atoms with Crippen LogP contribution in [-0.4, -0.2) is 45.2 Å². The van der Waals surface area contributed by atoms with Gasteiger partial charge in [-0.2, -0.15) is 4.98 Å². The monoisotopic (exact) mass is 329 g/mol. The number of carbonyl (C=O) groups excluding carboxylic acids is 1. The van der Waals surface area contributed by atoms with E-state index in [0.717, 1.165) is 0 Å². The average Bonchev–Trinajstić information content (AvgIpc) is 2.86. The zero-order valence-electron chi connectivity index (χ0n) is 13.2. The summed E-state index contributed by atoms with van der Waals surface area (Å²) in [5.41, 5.74) is -0.146. The van der Waals surface area contributed by atoms with Crippen LogP contribution >= 0.6 is 11.8 Å². The maximum atomic E-state index is 11.6. The first-order valence-corrected chi connectivity index (χ1v) is 8.34. The smallest absolute Gasteiger partial charge is 0.313 e. The summed E-state index contributed by atoms with van der Waals surface area (Å²) >= 11 is 1.28. The van der Waals surface area contributed by atoms with Crippen LogP contribution < -0.4 is 5.32 Å². The van der Waals surface area contributed by atoms with Gasteiger partial charge in [0.05, 0.1) is 5.75 Å². The number of hydrogen-bond donors (Lipinski definition) is 2. The largest absolute Gasteiger partial charge is 0.481 e. The quantitative estimate of drug-likeness (QED) is 0.663. The van der Waals surface area contributed by atoms with Gasteiger partial charge in [-0.15, -0.1) is 11.8 Å². The number of hydrogen-bond acceptors (Lipinski definition) is 6. The highest BCUT2D eigenvalue weighted by Crippen LogP contribution is 2.18. The number of nitrogens with zero attached hydrogens (tertiary/aromatic N) is 2. The van der Waals surface area contributed by atoms with Gasteiger partial charge in [0.1, 0.15) is 0 Å². The molecule has 0 saturated heterocycles. The van der Waals surface area contributed by atoms with E-state index in [0.29, 0.717) is 43.3 Å². The van der Waals surface area contributed by atoms with Crippen molar-refractivity contribution in [1.82, 2.24) is 15.5 Å². The third-order valence-electron chi connectivity index (χ3n) is 2.73. The lowest BCUT2D eigenvalue weighted by Gasteiger charge is -2.10. The summed E-state index contributed by atoms with van der Waals surface area (Å²) in [5.74, 6) is 0.980. The molecule has 22 heavy (non-hydrogen) atoms. The van der Waals surface area contributed by atoms with Crippen molar-refractivity contribution in [3.05, 3.63) is 11.7 Å². The Morgan fingerprint density at radius 1 is 1.36 bits per heavy atom. The maximum absolute atomic E-state index is 11.6. The summed E-state index contributed by atoms with van der Waals surface area (Å²) in [6, 6.07) is 0. The van der Waals surface area contributed by atoms with Crippen molar-refractivity contribution in [2.45, 2.75) is 45.4 Å². The molecule has 1 heterocycles. The third-order valence-corrected chi connectivity index (χ3v) is 3.67. The Bertz CT molecular complexity index is 497.